The summed E-state index contributed by atoms with van der Waals surface area (Å²) in [6.45, 7) is 0. The number of H-pyrrole nitrogens is 1. The normalized spacial score (nSPS) is 18.5. The molecule has 1 saturated carbocycles. The molecule has 0 aliphatic heterocycles. The molecule has 4 aromatic carbocycles. The van der Waals surface area contributed by atoms with Crippen molar-refractivity contribution in [3.63, 3.8) is 0 Å². The number of aromatic nitrogens is 1. The second kappa shape index (κ2) is 9.79. The molecule has 0 amide bonds. The highest BCUT2D eigenvalue weighted by molar-refractivity contribution is 8.01. The number of fused-ring (bicyclic) bond motifs is 1. The summed E-state index contributed by atoms with van der Waals surface area (Å²) in [6.07, 6.45) is 7.22. The molecule has 0 spiro atoms. The van der Waals surface area contributed by atoms with Crippen molar-refractivity contribution in [1.82, 2.24) is 4.98 Å². The Labute approximate surface area is 212 Å². The van der Waals surface area contributed by atoms with E-state index < -0.39 is 0 Å². The molecule has 1 aromatic heterocycles. The van der Waals surface area contributed by atoms with Gasteiger partial charge in [0.1, 0.15) is 0 Å². The maximum atomic E-state index is 3.49. The molecular formula is C33H31NS. The lowest BCUT2D eigenvalue weighted by molar-refractivity contribution is 0.454. The van der Waals surface area contributed by atoms with Crippen molar-refractivity contribution in [2.24, 2.45) is 0 Å². The summed E-state index contributed by atoms with van der Waals surface area (Å²) < 4.78 is -0.220. The van der Waals surface area contributed by atoms with Crippen molar-refractivity contribution in [3.05, 3.63) is 144 Å². The molecule has 0 unspecified atom stereocenters. The van der Waals surface area contributed by atoms with E-state index in [0.717, 1.165) is 0 Å². The topological polar surface area (TPSA) is 15.8 Å². The third kappa shape index (κ3) is 4.21. The number of benzene rings is 4. The summed E-state index contributed by atoms with van der Waals surface area (Å²) in [5.74, 6) is 0.641. The van der Waals surface area contributed by atoms with E-state index in [1.54, 1.807) is 0 Å². The van der Waals surface area contributed by atoms with Crippen LogP contribution in [0.5, 0.6) is 0 Å². The van der Waals surface area contributed by atoms with Gasteiger partial charge in [0, 0.05) is 22.3 Å². The highest BCUT2D eigenvalue weighted by Crippen LogP contribution is 2.53. The van der Waals surface area contributed by atoms with Crippen LogP contribution in [0, 0.1) is 0 Å². The number of para-hydroxylation sites is 1. The Hall–Kier alpha value is -3.23. The van der Waals surface area contributed by atoms with Crippen LogP contribution in [0.3, 0.4) is 0 Å². The molecule has 1 fully saturated rings. The van der Waals surface area contributed by atoms with E-state index in [2.05, 4.69) is 138 Å². The molecule has 35 heavy (non-hydrogen) atoms. The minimum Gasteiger partial charge on any atom is -0.361 e. The van der Waals surface area contributed by atoms with Crippen LogP contribution < -0.4 is 0 Å². The molecule has 0 atom stereocenters. The lowest BCUT2D eigenvalue weighted by Gasteiger charge is -2.40. The number of nitrogens with one attached hydrogen (secondary N) is 1. The Morgan fingerprint density at radius 1 is 0.571 bits per heavy atom. The first kappa shape index (κ1) is 22.2. The van der Waals surface area contributed by atoms with Crippen LogP contribution in [0.2, 0.25) is 0 Å². The maximum absolute atomic E-state index is 3.49. The SMILES string of the molecule is c1ccc(C(SC2CCC(c3c[nH]c4ccccc34)CC2)(c2ccccc2)c2ccccc2)cc1. The van der Waals surface area contributed by atoms with Crippen molar-refractivity contribution in [2.75, 3.05) is 0 Å². The van der Waals surface area contributed by atoms with E-state index in [-0.39, 0.29) is 4.75 Å². The van der Waals surface area contributed by atoms with Crippen molar-refractivity contribution < 1.29 is 0 Å². The van der Waals surface area contributed by atoms with Crippen molar-refractivity contribution in [1.29, 1.82) is 0 Å². The van der Waals surface area contributed by atoms with Crippen molar-refractivity contribution >= 4 is 22.7 Å². The fraction of sp³-hybridized carbons (Fsp3) is 0.212. The van der Waals surface area contributed by atoms with E-state index in [1.807, 2.05) is 0 Å². The summed E-state index contributed by atoms with van der Waals surface area (Å²) in [4.78, 5) is 3.49. The van der Waals surface area contributed by atoms with Gasteiger partial charge in [-0.2, -0.15) is 0 Å². The molecule has 1 aliphatic carbocycles. The molecule has 1 heterocycles. The van der Waals surface area contributed by atoms with Crippen molar-refractivity contribution in [3.8, 4) is 0 Å². The predicted molar refractivity (Wildman–Crippen MR) is 150 cm³/mol. The van der Waals surface area contributed by atoms with Gasteiger partial charge in [-0.25, -0.2) is 0 Å². The first-order chi connectivity index (χ1) is 17.3. The molecule has 1 aliphatic rings. The fourth-order valence-electron chi connectivity index (χ4n) is 5.90. The molecule has 1 N–H and O–H groups in total. The molecular weight excluding hydrogens is 442 g/mol. The van der Waals surface area contributed by atoms with Gasteiger partial charge in [-0.15, -0.1) is 11.8 Å². The average Bonchev–Trinajstić information content (AvgIpc) is 3.38. The summed E-state index contributed by atoms with van der Waals surface area (Å²) in [7, 11) is 0. The zero-order valence-corrected chi connectivity index (χ0v) is 20.8. The van der Waals surface area contributed by atoms with Gasteiger partial charge in [-0.1, -0.05) is 109 Å². The van der Waals surface area contributed by atoms with Crippen LogP contribution in [0.1, 0.15) is 53.9 Å². The quantitative estimate of drug-likeness (QED) is 0.243. The Balaban J connectivity index is 1.34. The van der Waals surface area contributed by atoms with E-state index in [4.69, 9.17) is 0 Å². The summed E-state index contributed by atoms with van der Waals surface area (Å²) in [5, 5.41) is 2.01. The molecule has 0 bridgehead atoms. The monoisotopic (exact) mass is 473 g/mol. The van der Waals surface area contributed by atoms with Gasteiger partial charge < -0.3 is 4.98 Å². The molecule has 2 heteroatoms. The van der Waals surface area contributed by atoms with Gasteiger partial charge in [-0.05, 0) is 59.9 Å². The zero-order valence-electron chi connectivity index (χ0n) is 19.9. The smallest absolute Gasteiger partial charge is 0.0909 e. The van der Waals surface area contributed by atoms with Crippen LogP contribution in [-0.4, -0.2) is 10.2 Å². The van der Waals surface area contributed by atoms with Gasteiger partial charge in [0.15, 0.2) is 0 Å². The molecule has 1 nitrogen and oxygen atoms in total. The second-order valence-electron chi connectivity index (χ2n) is 9.66. The minimum atomic E-state index is -0.220. The molecule has 174 valence electrons. The second-order valence-corrected chi connectivity index (χ2v) is 11.2. The summed E-state index contributed by atoms with van der Waals surface area (Å²) in [5.41, 5.74) is 6.85. The lowest BCUT2D eigenvalue weighted by Crippen LogP contribution is -2.30. The van der Waals surface area contributed by atoms with Crippen LogP contribution in [-0.2, 0) is 4.75 Å². The van der Waals surface area contributed by atoms with Crippen molar-refractivity contribution in [2.45, 2.75) is 41.6 Å². The van der Waals surface area contributed by atoms with Gasteiger partial charge in [0.2, 0.25) is 0 Å². The number of rotatable bonds is 6. The predicted octanol–water partition coefficient (Wildman–Crippen LogP) is 8.92. The third-order valence-electron chi connectivity index (χ3n) is 7.62. The van der Waals surface area contributed by atoms with E-state index in [1.165, 1.54) is 58.8 Å². The number of hydrogen-bond donors (Lipinski definition) is 1. The van der Waals surface area contributed by atoms with E-state index in [9.17, 15) is 0 Å². The standard InChI is InChI=1S/C33H31NS/c1-4-12-26(13-5-1)33(27-14-6-2-7-15-27,28-16-8-3-9-17-28)35-29-22-20-25(21-23-29)31-24-34-32-19-11-10-18-30(31)32/h1-19,24-25,29,34H,20-23H2. The van der Waals surface area contributed by atoms with Gasteiger partial charge in [-0.3, -0.25) is 0 Å². The molecule has 0 radical (unpaired) electrons. The Morgan fingerprint density at radius 3 is 1.60 bits per heavy atom. The maximum Gasteiger partial charge on any atom is 0.0909 e. The van der Waals surface area contributed by atoms with Crippen LogP contribution in [0.4, 0.5) is 0 Å². The van der Waals surface area contributed by atoms with Crippen LogP contribution in [0.25, 0.3) is 10.9 Å². The Bertz CT molecular complexity index is 1270. The zero-order chi connectivity index (χ0) is 23.5. The summed E-state index contributed by atoms with van der Waals surface area (Å²) in [6, 6.07) is 42.1. The number of hydrogen-bond acceptors (Lipinski definition) is 1. The molecule has 6 rings (SSSR count). The van der Waals surface area contributed by atoms with Crippen LogP contribution in [0.15, 0.2) is 121 Å². The first-order valence-corrected chi connectivity index (χ1v) is 13.6. The van der Waals surface area contributed by atoms with Gasteiger partial charge in [0.05, 0.1) is 4.75 Å². The van der Waals surface area contributed by atoms with Gasteiger partial charge in [0.25, 0.3) is 0 Å². The Kier molecular flexibility index (Phi) is 6.22. The number of thioether (sulfide) groups is 1. The van der Waals surface area contributed by atoms with Crippen LogP contribution >= 0.6 is 11.8 Å². The summed E-state index contributed by atoms with van der Waals surface area (Å²) >= 11 is 2.17. The highest BCUT2D eigenvalue weighted by Gasteiger charge is 2.40. The lowest BCUT2D eigenvalue weighted by atomic mass is 9.83. The minimum absolute atomic E-state index is 0.220. The molecule has 0 saturated heterocycles. The van der Waals surface area contributed by atoms with E-state index >= 15 is 0 Å². The average molecular weight is 474 g/mol. The fourth-order valence-corrected chi connectivity index (χ4v) is 7.72. The Morgan fingerprint density at radius 2 is 1.06 bits per heavy atom. The highest BCUT2D eigenvalue weighted by atomic mass is 32.2. The first-order valence-electron chi connectivity index (χ1n) is 12.7. The molecule has 5 aromatic rings. The largest absolute Gasteiger partial charge is 0.361 e. The number of aromatic amines is 1. The third-order valence-corrected chi connectivity index (χ3v) is 9.49. The van der Waals surface area contributed by atoms with Gasteiger partial charge >= 0.3 is 0 Å². The van der Waals surface area contributed by atoms with E-state index in [0.29, 0.717) is 11.2 Å².